The van der Waals surface area contributed by atoms with Crippen LogP contribution in [-0.4, -0.2) is 6.54 Å². The summed E-state index contributed by atoms with van der Waals surface area (Å²) in [7, 11) is 0. The van der Waals surface area contributed by atoms with Crippen LogP contribution in [0.25, 0.3) is 0 Å². The predicted octanol–water partition coefficient (Wildman–Crippen LogP) is 18.5. The van der Waals surface area contributed by atoms with Crippen molar-refractivity contribution in [1.29, 1.82) is 0 Å². The molecule has 51 heavy (non-hydrogen) atoms. The Bertz CT molecular complexity index is 546. The molecule has 0 aromatic rings. The van der Waals surface area contributed by atoms with E-state index < -0.39 is 0 Å². The summed E-state index contributed by atoms with van der Waals surface area (Å²) in [6, 6.07) is 0. The largest absolute Gasteiger partial charge is 0.330 e. The van der Waals surface area contributed by atoms with Gasteiger partial charge in [-0.1, -0.05) is 284 Å². The molecule has 0 heterocycles. The minimum Gasteiger partial charge on any atom is -0.330 e. The number of hydrogen-bond acceptors (Lipinski definition) is 1. The Morgan fingerprint density at radius 3 is 0.588 bits per heavy atom. The van der Waals surface area contributed by atoms with Crippen molar-refractivity contribution in [2.75, 3.05) is 6.54 Å². The Labute approximate surface area is 326 Å². The summed E-state index contributed by atoms with van der Waals surface area (Å²) in [5.74, 6) is 0. The highest BCUT2D eigenvalue weighted by molar-refractivity contribution is 4.80. The van der Waals surface area contributed by atoms with Gasteiger partial charge in [0.2, 0.25) is 0 Å². The molecule has 0 unspecified atom stereocenters. The topological polar surface area (TPSA) is 26.0 Å². The highest BCUT2D eigenvalue weighted by atomic mass is 14.5. The van der Waals surface area contributed by atoms with Crippen LogP contribution in [0.3, 0.4) is 0 Å². The van der Waals surface area contributed by atoms with Gasteiger partial charge in [0.1, 0.15) is 0 Å². The van der Waals surface area contributed by atoms with Crippen molar-refractivity contribution in [3.05, 3.63) is 0 Å². The summed E-state index contributed by atoms with van der Waals surface area (Å²) in [6.07, 6.45) is 65.6. The van der Waals surface area contributed by atoms with E-state index in [4.69, 9.17) is 5.73 Å². The Morgan fingerprint density at radius 1 is 0.216 bits per heavy atom. The van der Waals surface area contributed by atoms with Gasteiger partial charge in [0, 0.05) is 0 Å². The third kappa shape index (κ3) is 39.5. The second-order valence-electron chi connectivity index (χ2n) is 17.7. The van der Waals surface area contributed by atoms with E-state index in [9.17, 15) is 0 Å². The van der Waals surface area contributed by atoms with Gasteiger partial charge in [0.15, 0.2) is 0 Å². The molecule has 1 nitrogen and oxygen atoms in total. The van der Waals surface area contributed by atoms with Crippen molar-refractivity contribution >= 4 is 0 Å². The molecular weight excluding hydrogens is 615 g/mol. The molecular formula is C50H103N. The zero-order chi connectivity index (χ0) is 37.0. The van der Waals surface area contributed by atoms with Gasteiger partial charge in [0.25, 0.3) is 0 Å². The monoisotopic (exact) mass is 718 g/mol. The summed E-state index contributed by atoms with van der Waals surface area (Å²) >= 11 is 0. The van der Waals surface area contributed by atoms with E-state index in [1.165, 1.54) is 289 Å². The van der Waals surface area contributed by atoms with Gasteiger partial charge in [-0.2, -0.15) is 0 Å². The average Bonchev–Trinajstić information content (AvgIpc) is 3.13. The molecule has 0 spiro atoms. The van der Waals surface area contributed by atoms with Crippen molar-refractivity contribution in [3.63, 3.8) is 0 Å². The Hall–Kier alpha value is -0.0400. The zero-order valence-corrected chi connectivity index (χ0v) is 36.6. The Balaban J connectivity index is 3.64. The van der Waals surface area contributed by atoms with Crippen LogP contribution in [-0.2, 0) is 0 Å². The van der Waals surface area contributed by atoms with E-state index in [-0.39, 0.29) is 0 Å². The van der Waals surface area contributed by atoms with Crippen LogP contribution in [0, 0.1) is 5.41 Å². The van der Waals surface area contributed by atoms with E-state index in [0.29, 0.717) is 5.41 Å². The van der Waals surface area contributed by atoms with Crippen LogP contribution in [0.4, 0.5) is 0 Å². The van der Waals surface area contributed by atoms with Gasteiger partial charge < -0.3 is 5.73 Å². The number of rotatable bonds is 46. The molecule has 0 radical (unpaired) electrons. The molecule has 0 aliphatic heterocycles. The van der Waals surface area contributed by atoms with Crippen molar-refractivity contribution in [3.8, 4) is 0 Å². The zero-order valence-electron chi connectivity index (χ0n) is 36.6. The first-order valence-corrected chi connectivity index (χ1v) is 24.9. The summed E-state index contributed by atoms with van der Waals surface area (Å²) in [5, 5.41) is 0. The lowest BCUT2D eigenvalue weighted by Crippen LogP contribution is -2.25. The molecule has 0 saturated carbocycles. The molecule has 0 bridgehead atoms. The van der Waals surface area contributed by atoms with Gasteiger partial charge in [-0.25, -0.2) is 0 Å². The van der Waals surface area contributed by atoms with E-state index in [0.717, 1.165) is 6.54 Å². The van der Waals surface area contributed by atoms with Crippen LogP contribution >= 0.6 is 0 Å². The second kappa shape index (κ2) is 44.4. The van der Waals surface area contributed by atoms with Gasteiger partial charge in [0.05, 0.1) is 0 Å². The molecule has 0 aromatic heterocycles. The lowest BCUT2D eigenvalue weighted by molar-refractivity contribution is 0.186. The standard InChI is InChI=1S/C50H103N/c1-4-7-9-11-13-15-17-19-21-23-25-27-29-31-33-35-37-39-41-43-46-50(45-6-3,48-49-51)47-44-42-40-38-36-34-32-30-28-26-24-22-20-18-16-14-12-10-8-5-2/h4-49,51H2,1-3H3. The van der Waals surface area contributed by atoms with Gasteiger partial charge in [-0.3, -0.25) is 0 Å². The van der Waals surface area contributed by atoms with Crippen molar-refractivity contribution in [1.82, 2.24) is 0 Å². The lowest BCUT2D eigenvalue weighted by atomic mass is 9.72. The summed E-state index contributed by atoms with van der Waals surface area (Å²) in [5.41, 5.74) is 6.75. The molecule has 0 aromatic carbocycles. The van der Waals surface area contributed by atoms with Gasteiger partial charge in [-0.05, 0) is 37.6 Å². The maximum atomic E-state index is 6.20. The predicted molar refractivity (Wildman–Crippen MR) is 236 cm³/mol. The van der Waals surface area contributed by atoms with Crippen molar-refractivity contribution in [2.24, 2.45) is 11.1 Å². The van der Waals surface area contributed by atoms with Crippen LogP contribution in [0.15, 0.2) is 0 Å². The molecule has 0 atom stereocenters. The first kappa shape index (κ1) is 51.0. The van der Waals surface area contributed by atoms with E-state index in [1.54, 1.807) is 0 Å². The van der Waals surface area contributed by atoms with E-state index >= 15 is 0 Å². The quantitative estimate of drug-likeness (QED) is 0.0623. The van der Waals surface area contributed by atoms with Crippen LogP contribution in [0.2, 0.25) is 0 Å². The van der Waals surface area contributed by atoms with Crippen LogP contribution < -0.4 is 5.73 Å². The van der Waals surface area contributed by atoms with Gasteiger partial charge >= 0.3 is 0 Å². The first-order valence-electron chi connectivity index (χ1n) is 24.9. The van der Waals surface area contributed by atoms with E-state index in [2.05, 4.69) is 20.8 Å². The molecule has 0 fully saturated rings. The lowest BCUT2D eigenvalue weighted by Gasteiger charge is -2.34. The fraction of sp³-hybridized carbons (Fsp3) is 1.00. The number of nitrogens with two attached hydrogens (primary N) is 1. The number of unbranched alkanes of at least 4 members (excludes halogenated alkanes) is 38. The highest BCUT2D eigenvalue weighted by Gasteiger charge is 2.27. The summed E-state index contributed by atoms with van der Waals surface area (Å²) in [6.45, 7) is 7.91. The first-order chi connectivity index (χ1) is 25.2. The van der Waals surface area contributed by atoms with E-state index in [1.807, 2.05) is 0 Å². The smallest absolute Gasteiger partial charge is 0.00720 e. The molecule has 308 valence electrons. The average molecular weight is 718 g/mol. The molecule has 0 rings (SSSR count). The molecule has 0 aliphatic carbocycles. The fourth-order valence-electron chi connectivity index (χ4n) is 9.10. The van der Waals surface area contributed by atoms with Crippen molar-refractivity contribution < 1.29 is 0 Å². The maximum absolute atomic E-state index is 6.20. The highest BCUT2D eigenvalue weighted by Crippen LogP contribution is 2.39. The third-order valence-electron chi connectivity index (χ3n) is 12.6. The minimum absolute atomic E-state index is 0.548. The fourth-order valence-corrected chi connectivity index (χ4v) is 9.10. The van der Waals surface area contributed by atoms with Crippen molar-refractivity contribution in [2.45, 2.75) is 310 Å². The molecule has 2 N–H and O–H groups in total. The second-order valence-corrected chi connectivity index (χ2v) is 17.7. The third-order valence-corrected chi connectivity index (χ3v) is 12.6. The summed E-state index contributed by atoms with van der Waals surface area (Å²) < 4.78 is 0. The SMILES string of the molecule is CCCCCCCCCCCCCCCCCCCCCCC(CCC)(CCN)CCCCCCCCCCCCCCCCCCCCCC. The molecule has 0 saturated heterocycles. The van der Waals surface area contributed by atoms with Crippen LogP contribution in [0.5, 0.6) is 0 Å². The Kier molecular flexibility index (Phi) is 44.3. The molecule has 0 amide bonds. The van der Waals surface area contributed by atoms with Gasteiger partial charge in [-0.15, -0.1) is 0 Å². The Morgan fingerprint density at radius 2 is 0.412 bits per heavy atom. The minimum atomic E-state index is 0.548. The summed E-state index contributed by atoms with van der Waals surface area (Å²) in [4.78, 5) is 0. The molecule has 1 heteroatoms. The normalized spacial score (nSPS) is 12.0. The molecule has 0 aliphatic rings. The van der Waals surface area contributed by atoms with Crippen LogP contribution in [0.1, 0.15) is 310 Å². The maximum Gasteiger partial charge on any atom is -0.00720 e. The number of hydrogen-bond donors (Lipinski definition) is 1.